The molecule has 0 bridgehead atoms. The number of likely N-dealkylation sites (tertiary alicyclic amines) is 1. The smallest absolute Gasteiger partial charge is 0.0113 e. The minimum Gasteiger partial charge on any atom is -0.319 e. The van der Waals surface area contributed by atoms with Crippen LogP contribution >= 0.6 is 0 Å². The second-order valence-electron chi connectivity index (χ2n) is 5.51. The summed E-state index contributed by atoms with van der Waals surface area (Å²) >= 11 is 0. The average Bonchev–Trinajstić information content (AvgIpc) is 2.28. The number of hydrogen-bond donors (Lipinski definition) is 1. The molecule has 96 valence electrons. The Labute approximate surface area is 101 Å². The lowest BCUT2D eigenvalue weighted by Crippen LogP contribution is -2.48. The fourth-order valence-electron chi connectivity index (χ4n) is 2.66. The zero-order chi connectivity index (χ0) is 12.1. The largest absolute Gasteiger partial charge is 0.319 e. The van der Waals surface area contributed by atoms with Crippen LogP contribution in [0, 0.1) is 5.92 Å². The SMILES string of the molecule is CNCC(C)C(C)N1CCC(N(C)C)CC1. The van der Waals surface area contributed by atoms with Crippen molar-refractivity contribution in [2.75, 3.05) is 40.8 Å². The van der Waals surface area contributed by atoms with E-state index in [0.29, 0.717) is 6.04 Å². The van der Waals surface area contributed by atoms with E-state index < -0.39 is 0 Å². The van der Waals surface area contributed by atoms with Gasteiger partial charge in [0.1, 0.15) is 0 Å². The molecule has 0 aromatic carbocycles. The molecular weight excluding hydrogens is 198 g/mol. The zero-order valence-electron chi connectivity index (χ0n) is 11.7. The first-order valence-corrected chi connectivity index (χ1v) is 6.61. The summed E-state index contributed by atoms with van der Waals surface area (Å²) in [7, 11) is 6.45. The van der Waals surface area contributed by atoms with Crippen molar-refractivity contribution in [2.45, 2.75) is 38.8 Å². The van der Waals surface area contributed by atoms with E-state index in [1.165, 1.54) is 25.9 Å². The van der Waals surface area contributed by atoms with Gasteiger partial charge >= 0.3 is 0 Å². The fourth-order valence-corrected chi connectivity index (χ4v) is 2.66. The van der Waals surface area contributed by atoms with Crippen molar-refractivity contribution in [1.29, 1.82) is 0 Å². The minimum atomic E-state index is 0.704. The van der Waals surface area contributed by atoms with Crippen molar-refractivity contribution < 1.29 is 0 Å². The zero-order valence-corrected chi connectivity index (χ0v) is 11.7. The second kappa shape index (κ2) is 6.58. The van der Waals surface area contributed by atoms with Crippen LogP contribution in [0.2, 0.25) is 0 Å². The first-order valence-electron chi connectivity index (χ1n) is 6.61. The Morgan fingerprint density at radius 1 is 1.25 bits per heavy atom. The number of nitrogens with zero attached hydrogens (tertiary/aromatic N) is 2. The van der Waals surface area contributed by atoms with Gasteiger partial charge < -0.3 is 15.1 Å². The lowest BCUT2D eigenvalue weighted by molar-refractivity contribution is 0.0917. The molecule has 1 aliphatic heterocycles. The normalized spacial score (nSPS) is 23.6. The molecule has 2 atom stereocenters. The molecule has 16 heavy (non-hydrogen) atoms. The summed E-state index contributed by atoms with van der Waals surface area (Å²) in [6, 6.07) is 1.50. The van der Waals surface area contributed by atoms with E-state index in [1.807, 2.05) is 7.05 Å². The van der Waals surface area contributed by atoms with Crippen LogP contribution in [0.3, 0.4) is 0 Å². The molecule has 1 rings (SSSR count). The van der Waals surface area contributed by atoms with Crippen LogP contribution in [-0.4, -0.2) is 62.7 Å². The highest BCUT2D eigenvalue weighted by molar-refractivity contribution is 4.82. The molecule has 0 aromatic rings. The molecule has 3 heteroatoms. The van der Waals surface area contributed by atoms with Gasteiger partial charge in [-0.25, -0.2) is 0 Å². The standard InChI is InChI=1S/C13H29N3/c1-11(10-14-3)12(2)16-8-6-13(7-9-16)15(4)5/h11-14H,6-10H2,1-5H3. The van der Waals surface area contributed by atoms with Crippen molar-refractivity contribution in [3.8, 4) is 0 Å². The van der Waals surface area contributed by atoms with Gasteiger partial charge in [0.2, 0.25) is 0 Å². The molecule has 1 saturated heterocycles. The molecule has 0 aliphatic carbocycles. The highest BCUT2D eigenvalue weighted by Gasteiger charge is 2.25. The van der Waals surface area contributed by atoms with E-state index >= 15 is 0 Å². The molecule has 0 saturated carbocycles. The Morgan fingerprint density at radius 2 is 1.81 bits per heavy atom. The van der Waals surface area contributed by atoms with E-state index in [1.54, 1.807) is 0 Å². The quantitative estimate of drug-likeness (QED) is 0.763. The van der Waals surface area contributed by atoms with Gasteiger partial charge in [-0.2, -0.15) is 0 Å². The van der Waals surface area contributed by atoms with Crippen molar-refractivity contribution in [1.82, 2.24) is 15.1 Å². The van der Waals surface area contributed by atoms with Crippen LogP contribution < -0.4 is 5.32 Å². The third kappa shape index (κ3) is 3.72. The van der Waals surface area contributed by atoms with Crippen LogP contribution in [0.5, 0.6) is 0 Å². The van der Waals surface area contributed by atoms with E-state index in [0.717, 1.165) is 18.5 Å². The number of piperidine rings is 1. The minimum absolute atomic E-state index is 0.704. The van der Waals surface area contributed by atoms with Gasteiger partial charge in [-0.05, 0) is 66.5 Å². The van der Waals surface area contributed by atoms with Gasteiger partial charge in [0.15, 0.2) is 0 Å². The highest BCUT2D eigenvalue weighted by atomic mass is 15.2. The molecule has 1 fully saturated rings. The Morgan fingerprint density at radius 3 is 2.25 bits per heavy atom. The first kappa shape index (κ1) is 13.9. The molecule has 0 spiro atoms. The topological polar surface area (TPSA) is 18.5 Å². The van der Waals surface area contributed by atoms with Gasteiger partial charge in [0, 0.05) is 12.1 Å². The maximum Gasteiger partial charge on any atom is 0.0113 e. The summed E-state index contributed by atoms with van der Waals surface area (Å²) in [5.74, 6) is 0.737. The van der Waals surface area contributed by atoms with Crippen molar-refractivity contribution in [3.63, 3.8) is 0 Å². The van der Waals surface area contributed by atoms with E-state index in [-0.39, 0.29) is 0 Å². The van der Waals surface area contributed by atoms with E-state index in [4.69, 9.17) is 0 Å². The van der Waals surface area contributed by atoms with Gasteiger partial charge in [-0.1, -0.05) is 6.92 Å². The highest BCUT2D eigenvalue weighted by Crippen LogP contribution is 2.19. The van der Waals surface area contributed by atoms with Crippen LogP contribution in [0.1, 0.15) is 26.7 Å². The summed E-state index contributed by atoms with van der Waals surface area (Å²) in [5, 5.41) is 3.28. The number of hydrogen-bond acceptors (Lipinski definition) is 3. The molecule has 2 unspecified atom stereocenters. The van der Waals surface area contributed by atoms with Crippen LogP contribution in [0.25, 0.3) is 0 Å². The monoisotopic (exact) mass is 227 g/mol. The summed E-state index contributed by atoms with van der Waals surface area (Å²) in [6.07, 6.45) is 2.65. The number of nitrogens with one attached hydrogen (secondary N) is 1. The van der Waals surface area contributed by atoms with Crippen LogP contribution in [-0.2, 0) is 0 Å². The predicted molar refractivity (Wildman–Crippen MR) is 70.8 cm³/mol. The molecule has 3 nitrogen and oxygen atoms in total. The molecule has 0 amide bonds. The van der Waals surface area contributed by atoms with Crippen molar-refractivity contribution in [2.24, 2.45) is 5.92 Å². The second-order valence-corrected chi connectivity index (χ2v) is 5.51. The lowest BCUT2D eigenvalue weighted by atomic mass is 9.97. The van der Waals surface area contributed by atoms with Gasteiger partial charge in [-0.3, -0.25) is 0 Å². The predicted octanol–water partition coefficient (Wildman–Crippen LogP) is 1.26. The Bertz CT molecular complexity index is 186. The molecule has 1 N–H and O–H groups in total. The van der Waals surface area contributed by atoms with Crippen molar-refractivity contribution in [3.05, 3.63) is 0 Å². The third-order valence-corrected chi connectivity index (χ3v) is 4.15. The molecular formula is C13H29N3. The Kier molecular flexibility index (Phi) is 5.73. The lowest BCUT2D eigenvalue weighted by Gasteiger charge is -2.40. The summed E-state index contributed by atoms with van der Waals surface area (Å²) < 4.78 is 0. The van der Waals surface area contributed by atoms with Gasteiger partial charge in [0.05, 0.1) is 0 Å². The maximum atomic E-state index is 3.28. The third-order valence-electron chi connectivity index (χ3n) is 4.15. The molecule has 0 aromatic heterocycles. The summed E-state index contributed by atoms with van der Waals surface area (Å²) in [5.41, 5.74) is 0. The summed E-state index contributed by atoms with van der Waals surface area (Å²) in [4.78, 5) is 5.03. The van der Waals surface area contributed by atoms with Gasteiger partial charge in [0.25, 0.3) is 0 Å². The number of rotatable bonds is 5. The van der Waals surface area contributed by atoms with Gasteiger partial charge in [-0.15, -0.1) is 0 Å². The summed E-state index contributed by atoms with van der Waals surface area (Å²) in [6.45, 7) is 8.36. The van der Waals surface area contributed by atoms with Crippen LogP contribution in [0.4, 0.5) is 0 Å². The van der Waals surface area contributed by atoms with Crippen LogP contribution in [0.15, 0.2) is 0 Å². The maximum absolute atomic E-state index is 3.28. The molecule has 0 radical (unpaired) electrons. The van der Waals surface area contributed by atoms with Crippen molar-refractivity contribution >= 4 is 0 Å². The first-order chi connectivity index (χ1) is 7.56. The molecule has 1 aliphatic rings. The fraction of sp³-hybridized carbons (Fsp3) is 1.00. The van der Waals surface area contributed by atoms with E-state index in [9.17, 15) is 0 Å². The Hall–Kier alpha value is -0.120. The Balaban J connectivity index is 2.35. The average molecular weight is 227 g/mol. The molecule has 1 heterocycles. The van der Waals surface area contributed by atoms with E-state index in [2.05, 4.69) is 43.1 Å².